The van der Waals surface area contributed by atoms with Gasteiger partial charge in [-0.3, -0.25) is 18.6 Å². The minimum absolute atomic E-state index is 0.0299. The molecule has 1 N–H and O–H groups in total. The zero-order valence-electron chi connectivity index (χ0n) is 50.5. The summed E-state index contributed by atoms with van der Waals surface area (Å²) >= 11 is 0. The number of allylic oxidation sites excluding steroid dienone is 10. The summed E-state index contributed by atoms with van der Waals surface area (Å²) in [6.45, 7) is 4.36. The lowest BCUT2D eigenvalue weighted by Gasteiger charge is -2.24. The Morgan fingerprint density at radius 2 is 0.750 bits per heavy atom. The van der Waals surface area contributed by atoms with Gasteiger partial charge in [-0.1, -0.05) is 286 Å². The summed E-state index contributed by atoms with van der Waals surface area (Å²) in [6, 6.07) is 0. The highest BCUT2D eigenvalue weighted by Gasteiger charge is 2.27. The minimum Gasteiger partial charge on any atom is -0.462 e. The van der Waals surface area contributed by atoms with E-state index in [1.807, 2.05) is 21.1 Å². The van der Waals surface area contributed by atoms with Crippen molar-refractivity contribution in [3.8, 4) is 0 Å². The molecule has 0 aliphatic heterocycles. The Labute approximate surface area is 470 Å². The van der Waals surface area contributed by atoms with Gasteiger partial charge in [0.25, 0.3) is 0 Å². The van der Waals surface area contributed by atoms with Crippen molar-refractivity contribution in [1.29, 1.82) is 0 Å². The molecule has 0 aliphatic carbocycles. The Morgan fingerprint density at radius 1 is 0.421 bits per heavy atom. The number of likely N-dealkylation sites (N-methyl/N-ethyl adjacent to an activating group) is 1. The van der Waals surface area contributed by atoms with E-state index in [2.05, 4.69) is 74.6 Å². The van der Waals surface area contributed by atoms with Crippen LogP contribution in [0.25, 0.3) is 0 Å². The van der Waals surface area contributed by atoms with Crippen molar-refractivity contribution in [3.05, 3.63) is 60.8 Å². The van der Waals surface area contributed by atoms with E-state index >= 15 is 0 Å². The molecule has 0 saturated heterocycles. The summed E-state index contributed by atoms with van der Waals surface area (Å²) in [6.07, 6.45) is 74.5. The van der Waals surface area contributed by atoms with E-state index in [9.17, 15) is 19.0 Å². The molecule has 0 rings (SSSR count). The highest BCUT2D eigenvalue weighted by Crippen LogP contribution is 2.43. The third-order valence-electron chi connectivity index (χ3n) is 14.1. The smallest absolute Gasteiger partial charge is 0.462 e. The van der Waals surface area contributed by atoms with Gasteiger partial charge in [0.1, 0.15) is 19.8 Å². The van der Waals surface area contributed by atoms with E-state index < -0.39 is 26.5 Å². The molecule has 444 valence electrons. The lowest BCUT2D eigenvalue weighted by molar-refractivity contribution is -0.870. The van der Waals surface area contributed by atoms with Gasteiger partial charge in [-0.25, -0.2) is 4.57 Å². The van der Waals surface area contributed by atoms with Crippen LogP contribution in [-0.2, 0) is 32.7 Å². The van der Waals surface area contributed by atoms with Crippen LogP contribution in [0, 0.1) is 0 Å². The lowest BCUT2D eigenvalue weighted by atomic mass is 10.0. The molecule has 10 heteroatoms. The maximum Gasteiger partial charge on any atom is 0.472 e. The van der Waals surface area contributed by atoms with Gasteiger partial charge in [-0.2, -0.15) is 0 Å². The molecule has 0 aromatic rings. The van der Waals surface area contributed by atoms with E-state index in [1.54, 1.807) is 0 Å². The molecule has 2 unspecified atom stereocenters. The molecule has 9 nitrogen and oxygen atoms in total. The highest BCUT2D eigenvalue weighted by atomic mass is 31.2. The second kappa shape index (κ2) is 57.4. The fraction of sp³-hybridized carbons (Fsp3) is 0.818. The molecule has 0 bridgehead atoms. The summed E-state index contributed by atoms with van der Waals surface area (Å²) in [5.74, 6) is -0.793. The number of hydrogen-bond donors (Lipinski definition) is 1. The zero-order chi connectivity index (χ0) is 55.6. The number of rotatable bonds is 59. The van der Waals surface area contributed by atoms with Crippen molar-refractivity contribution in [1.82, 2.24) is 0 Å². The summed E-state index contributed by atoms with van der Waals surface area (Å²) in [4.78, 5) is 35.8. The van der Waals surface area contributed by atoms with Crippen molar-refractivity contribution in [2.75, 3.05) is 47.5 Å². The molecule has 0 aliphatic rings. The summed E-state index contributed by atoms with van der Waals surface area (Å²) in [7, 11) is 1.48. The molecule has 0 saturated carbocycles. The van der Waals surface area contributed by atoms with Gasteiger partial charge in [0, 0.05) is 12.8 Å². The van der Waals surface area contributed by atoms with Crippen LogP contribution >= 0.6 is 7.82 Å². The van der Waals surface area contributed by atoms with E-state index in [0.29, 0.717) is 23.9 Å². The largest absolute Gasteiger partial charge is 0.472 e. The average molecular weight is 1090 g/mol. The Bertz CT molecular complexity index is 1470. The number of quaternary nitrogens is 1. The first-order valence-corrected chi connectivity index (χ1v) is 33.5. The molecule has 2 atom stereocenters. The van der Waals surface area contributed by atoms with E-state index in [-0.39, 0.29) is 25.6 Å². The average Bonchev–Trinajstić information content (AvgIpc) is 3.38. The number of ether oxygens (including phenoxy) is 2. The highest BCUT2D eigenvalue weighted by molar-refractivity contribution is 7.47. The quantitative estimate of drug-likeness (QED) is 0.0211. The lowest BCUT2D eigenvalue weighted by Crippen LogP contribution is -2.37. The second-order valence-corrected chi connectivity index (χ2v) is 24.2. The van der Waals surface area contributed by atoms with Crippen molar-refractivity contribution in [2.24, 2.45) is 0 Å². The maximum atomic E-state index is 12.8. The van der Waals surface area contributed by atoms with Crippen LogP contribution in [0.5, 0.6) is 0 Å². The monoisotopic (exact) mass is 1090 g/mol. The Morgan fingerprint density at radius 3 is 1.12 bits per heavy atom. The van der Waals surface area contributed by atoms with E-state index in [0.717, 1.165) is 77.0 Å². The van der Waals surface area contributed by atoms with Crippen LogP contribution in [0.2, 0.25) is 0 Å². The summed E-state index contributed by atoms with van der Waals surface area (Å²) in [5, 5.41) is 0. The molecule has 0 radical (unpaired) electrons. The fourth-order valence-corrected chi connectivity index (χ4v) is 9.90. The number of phosphoric ester groups is 1. The predicted molar refractivity (Wildman–Crippen MR) is 326 cm³/mol. The van der Waals surface area contributed by atoms with Gasteiger partial charge in [0.05, 0.1) is 27.7 Å². The number of esters is 2. The third-order valence-corrected chi connectivity index (χ3v) is 15.0. The van der Waals surface area contributed by atoms with Gasteiger partial charge in [0.15, 0.2) is 6.10 Å². The first-order valence-electron chi connectivity index (χ1n) is 32.0. The standard InChI is InChI=1S/C66H122NO8P/c1-6-8-10-12-14-16-18-20-22-24-26-28-30-32-33-35-36-38-40-42-44-46-48-50-52-54-56-58-65(68)72-62-64(63-74-76(70,71)73-61-60-67(3,4)5)75-66(69)59-57-55-53-51-49-47-45-43-41-39-37-34-31-29-27-25-23-21-19-17-15-13-11-9-7-2/h9,11,15,17,21,23,27,29,34,37,64H,6-8,10,12-14,16,18-20,22,24-26,28,30-33,35-36,38-63H2,1-5H3/p+1/b11-9-,17-15-,23-21-,29-27-,37-34-. The fourth-order valence-electron chi connectivity index (χ4n) is 9.16. The number of unbranched alkanes of at least 4 members (excludes halogenated alkanes) is 35. The molecule has 0 spiro atoms. The minimum atomic E-state index is -4.39. The number of nitrogens with zero attached hydrogens (tertiary/aromatic N) is 1. The number of carbonyl (C=O) groups excluding carboxylic acids is 2. The van der Waals surface area contributed by atoms with Crippen LogP contribution in [0.4, 0.5) is 0 Å². The van der Waals surface area contributed by atoms with Gasteiger partial charge >= 0.3 is 19.8 Å². The molecule has 76 heavy (non-hydrogen) atoms. The molecule has 0 heterocycles. The molecule has 0 fully saturated rings. The van der Waals surface area contributed by atoms with E-state index in [4.69, 9.17) is 18.5 Å². The van der Waals surface area contributed by atoms with Gasteiger partial charge in [0.2, 0.25) is 0 Å². The van der Waals surface area contributed by atoms with Crippen LogP contribution in [0.3, 0.4) is 0 Å². The molecule has 0 aromatic heterocycles. The van der Waals surface area contributed by atoms with Crippen LogP contribution < -0.4 is 0 Å². The van der Waals surface area contributed by atoms with Crippen LogP contribution in [-0.4, -0.2) is 74.9 Å². The molecule has 0 amide bonds. The number of carbonyl (C=O) groups is 2. The maximum absolute atomic E-state index is 12.8. The summed E-state index contributed by atoms with van der Waals surface area (Å²) < 4.78 is 34.7. The first kappa shape index (κ1) is 73.7. The van der Waals surface area contributed by atoms with Crippen molar-refractivity contribution in [2.45, 2.75) is 302 Å². The number of hydrogen-bond acceptors (Lipinski definition) is 7. The predicted octanol–water partition coefficient (Wildman–Crippen LogP) is 20.3. The van der Waals surface area contributed by atoms with Gasteiger partial charge < -0.3 is 18.9 Å². The van der Waals surface area contributed by atoms with Gasteiger partial charge in [-0.15, -0.1) is 0 Å². The number of phosphoric acid groups is 1. The molecular weight excluding hydrogens is 966 g/mol. The van der Waals surface area contributed by atoms with E-state index in [1.165, 1.54) is 186 Å². The Kier molecular flexibility index (Phi) is 55.7. The second-order valence-electron chi connectivity index (χ2n) is 22.8. The topological polar surface area (TPSA) is 108 Å². The molecular formula is C66H123NO8P+. The SMILES string of the molecule is CC/C=C\C/C=C\C/C=C\C/C=C\C/C=C\CCCCCCCCCCCC(=O)OC(COC(=O)CCCCCCCCCCCCCCCCCCCCCCCCCCCCC)COP(=O)(O)OCC[N+](C)(C)C. The van der Waals surface area contributed by atoms with Crippen molar-refractivity contribution >= 4 is 19.8 Å². The van der Waals surface area contributed by atoms with Crippen molar-refractivity contribution < 1.29 is 42.1 Å². The zero-order valence-corrected chi connectivity index (χ0v) is 51.4. The Hall–Kier alpha value is -2.29. The molecule has 0 aromatic carbocycles. The van der Waals surface area contributed by atoms with Gasteiger partial charge in [-0.05, 0) is 57.8 Å². The van der Waals surface area contributed by atoms with Crippen LogP contribution in [0.1, 0.15) is 296 Å². The van der Waals surface area contributed by atoms with Crippen molar-refractivity contribution in [3.63, 3.8) is 0 Å². The van der Waals surface area contributed by atoms with Crippen LogP contribution in [0.15, 0.2) is 60.8 Å². The Balaban J connectivity index is 4.09. The first-order chi connectivity index (χ1) is 37.0. The normalized spacial score (nSPS) is 13.6. The third kappa shape index (κ3) is 60.9. The summed E-state index contributed by atoms with van der Waals surface area (Å²) in [5.41, 5.74) is 0.